The molecular formula is C14H22N2OS. The van der Waals surface area contributed by atoms with Gasteiger partial charge in [-0.3, -0.25) is 4.79 Å². The predicted molar refractivity (Wildman–Crippen MR) is 78.5 cm³/mol. The highest BCUT2D eigenvalue weighted by atomic mass is 32.2. The van der Waals surface area contributed by atoms with Gasteiger partial charge in [0.25, 0.3) is 0 Å². The Balaban J connectivity index is 2.57. The molecule has 0 saturated carbocycles. The lowest BCUT2D eigenvalue weighted by molar-refractivity contribution is -0.133. The number of rotatable bonds is 7. The Morgan fingerprint density at radius 2 is 2.06 bits per heavy atom. The van der Waals surface area contributed by atoms with Gasteiger partial charge in [0.05, 0.1) is 6.04 Å². The van der Waals surface area contributed by atoms with Crippen molar-refractivity contribution in [1.82, 2.24) is 4.90 Å². The Bertz CT molecular complexity index is 356. The monoisotopic (exact) mass is 266 g/mol. The van der Waals surface area contributed by atoms with E-state index in [0.717, 1.165) is 17.7 Å². The largest absolute Gasteiger partial charge is 0.337 e. The molecule has 0 spiro atoms. The van der Waals surface area contributed by atoms with Gasteiger partial charge < -0.3 is 10.6 Å². The molecule has 1 aromatic carbocycles. The fourth-order valence-electron chi connectivity index (χ4n) is 1.75. The minimum Gasteiger partial charge on any atom is -0.337 e. The molecule has 1 amide bonds. The van der Waals surface area contributed by atoms with Gasteiger partial charge in [0.1, 0.15) is 0 Å². The van der Waals surface area contributed by atoms with Crippen molar-refractivity contribution in [2.45, 2.75) is 25.9 Å². The van der Waals surface area contributed by atoms with E-state index in [9.17, 15) is 4.79 Å². The highest BCUT2D eigenvalue weighted by Crippen LogP contribution is 2.08. The number of thioether (sulfide) groups is 1. The first-order valence-corrected chi connectivity index (χ1v) is 7.65. The minimum atomic E-state index is -0.374. The highest BCUT2D eigenvalue weighted by molar-refractivity contribution is 7.98. The zero-order chi connectivity index (χ0) is 13.4. The second-order valence-electron chi connectivity index (χ2n) is 4.23. The Kier molecular flexibility index (Phi) is 6.83. The van der Waals surface area contributed by atoms with Gasteiger partial charge in [-0.05, 0) is 30.9 Å². The van der Waals surface area contributed by atoms with E-state index in [1.165, 1.54) is 0 Å². The summed E-state index contributed by atoms with van der Waals surface area (Å²) in [6.07, 6.45) is 2.77. The van der Waals surface area contributed by atoms with Crippen LogP contribution in [0.15, 0.2) is 30.3 Å². The van der Waals surface area contributed by atoms with E-state index in [-0.39, 0.29) is 11.9 Å². The van der Waals surface area contributed by atoms with Crippen molar-refractivity contribution in [1.29, 1.82) is 0 Å². The molecule has 0 aromatic heterocycles. The fourth-order valence-corrected chi connectivity index (χ4v) is 2.24. The molecule has 100 valence electrons. The van der Waals surface area contributed by atoms with Crippen LogP contribution < -0.4 is 5.73 Å². The summed E-state index contributed by atoms with van der Waals surface area (Å²) in [5.74, 6) is 0.978. The number of amides is 1. The number of hydrogen-bond acceptors (Lipinski definition) is 3. The summed E-state index contributed by atoms with van der Waals surface area (Å²) < 4.78 is 0. The van der Waals surface area contributed by atoms with Gasteiger partial charge in [-0.1, -0.05) is 30.3 Å². The Morgan fingerprint density at radius 1 is 1.39 bits per heavy atom. The standard InChI is InChI=1S/C14H22N2OS/c1-3-16(11-12-7-5-4-6-8-12)14(17)13(15)9-10-18-2/h4-8,13H,3,9-11,15H2,1-2H3/t13-/m1/s1. The van der Waals surface area contributed by atoms with Crippen LogP contribution in [-0.4, -0.2) is 35.4 Å². The van der Waals surface area contributed by atoms with Gasteiger partial charge in [-0.15, -0.1) is 0 Å². The van der Waals surface area contributed by atoms with Crippen LogP contribution in [0.5, 0.6) is 0 Å². The number of benzene rings is 1. The van der Waals surface area contributed by atoms with Gasteiger partial charge >= 0.3 is 0 Å². The quantitative estimate of drug-likeness (QED) is 0.822. The number of nitrogens with two attached hydrogens (primary N) is 1. The van der Waals surface area contributed by atoms with E-state index in [1.807, 2.05) is 48.4 Å². The first kappa shape index (κ1) is 15.1. The molecule has 0 aliphatic heterocycles. The average molecular weight is 266 g/mol. The summed E-state index contributed by atoms with van der Waals surface area (Å²) in [4.78, 5) is 14.0. The summed E-state index contributed by atoms with van der Waals surface area (Å²) in [5.41, 5.74) is 7.07. The molecule has 0 saturated heterocycles. The molecular weight excluding hydrogens is 244 g/mol. The van der Waals surface area contributed by atoms with Crippen LogP contribution in [0.4, 0.5) is 0 Å². The first-order valence-electron chi connectivity index (χ1n) is 6.26. The summed E-state index contributed by atoms with van der Waals surface area (Å²) in [6.45, 7) is 3.33. The molecule has 0 aliphatic rings. The Hall–Kier alpha value is -1.00. The lowest BCUT2D eigenvalue weighted by atomic mass is 10.1. The minimum absolute atomic E-state index is 0.0513. The van der Waals surface area contributed by atoms with Crippen molar-refractivity contribution < 1.29 is 4.79 Å². The molecule has 0 aliphatic carbocycles. The van der Waals surface area contributed by atoms with Crippen LogP contribution in [0, 0.1) is 0 Å². The number of nitrogens with zero attached hydrogens (tertiary/aromatic N) is 1. The Labute approximate surface area is 114 Å². The number of likely N-dealkylation sites (N-methyl/N-ethyl adjacent to an activating group) is 1. The van der Waals surface area contributed by atoms with Gasteiger partial charge in [0.15, 0.2) is 0 Å². The second-order valence-corrected chi connectivity index (χ2v) is 5.21. The third-order valence-electron chi connectivity index (χ3n) is 2.86. The van der Waals surface area contributed by atoms with Crippen molar-refractivity contribution in [3.8, 4) is 0 Å². The molecule has 0 radical (unpaired) electrons. The second kappa shape index (κ2) is 8.16. The Morgan fingerprint density at radius 3 is 2.61 bits per heavy atom. The average Bonchev–Trinajstić information content (AvgIpc) is 2.42. The topological polar surface area (TPSA) is 46.3 Å². The van der Waals surface area contributed by atoms with Crippen molar-refractivity contribution in [2.24, 2.45) is 5.73 Å². The summed E-state index contributed by atoms with van der Waals surface area (Å²) in [5, 5.41) is 0. The fraction of sp³-hybridized carbons (Fsp3) is 0.500. The van der Waals surface area contributed by atoms with Crippen LogP contribution in [-0.2, 0) is 11.3 Å². The summed E-state index contributed by atoms with van der Waals surface area (Å²) >= 11 is 1.72. The SMILES string of the molecule is CCN(Cc1ccccc1)C(=O)[C@H](N)CCSC. The molecule has 4 heteroatoms. The summed E-state index contributed by atoms with van der Waals surface area (Å²) in [6, 6.07) is 9.64. The van der Waals surface area contributed by atoms with Crippen LogP contribution >= 0.6 is 11.8 Å². The van der Waals surface area contributed by atoms with E-state index < -0.39 is 0 Å². The zero-order valence-corrected chi connectivity index (χ0v) is 12.0. The molecule has 3 nitrogen and oxygen atoms in total. The van der Waals surface area contributed by atoms with Crippen molar-refractivity contribution >= 4 is 17.7 Å². The van der Waals surface area contributed by atoms with Crippen LogP contribution in [0.2, 0.25) is 0 Å². The van der Waals surface area contributed by atoms with Crippen LogP contribution in [0.1, 0.15) is 18.9 Å². The molecule has 1 rings (SSSR count). The molecule has 2 N–H and O–H groups in total. The van der Waals surface area contributed by atoms with E-state index in [0.29, 0.717) is 13.1 Å². The maximum atomic E-state index is 12.2. The molecule has 0 fully saturated rings. The smallest absolute Gasteiger partial charge is 0.239 e. The maximum Gasteiger partial charge on any atom is 0.239 e. The number of carbonyl (C=O) groups is 1. The molecule has 1 aromatic rings. The van der Waals surface area contributed by atoms with E-state index in [2.05, 4.69) is 0 Å². The van der Waals surface area contributed by atoms with Gasteiger partial charge in [0, 0.05) is 13.1 Å². The third kappa shape index (κ3) is 4.70. The maximum absolute atomic E-state index is 12.2. The lowest BCUT2D eigenvalue weighted by Gasteiger charge is -2.24. The molecule has 1 atom stereocenters. The van der Waals surface area contributed by atoms with E-state index in [4.69, 9.17) is 5.73 Å². The van der Waals surface area contributed by atoms with Gasteiger partial charge in [-0.2, -0.15) is 11.8 Å². The van der Waals surface area contributed by atoms with Gasteiger partial charge in [0.2, 0.25) is 5.91 Å². The normalized spacial score (nSPS) is 12.2. The molecule has 0 heterocycles. The van der Waals surface area contributed by atoms with Gasteiger partial charge in [-0.25, -0.2) is 0 Å². The predicted octanol–water partition coefficient (Wildman–Crippen LogP) is 2.12. The third-order valence-corrected chi connectivity index (χ3v) is 3.50. The molecule has 0 bridgehead atoms. The zero-order valence-electron chi connectivity index (χ0n) is 11.1. The first-order chi connectivity index (χ1) is 8.69. The summed E-state index contributed by atoms with van der Waals surface area (Å²) in [7, 11) is 0. The van der Waals surface area contributed by atoms with E-state index >= 15 is 0 Å². The molecule has 18 heavy (non-hydrogen) atoms. The van der Waals surface area contributed by atoms with Crippen molar-refractivity contribution in [2.75, 3.05) is 18.6 Å². The number of carbonyl (C=O) groups excluding carboxylic acids is 1. The van der Waals surface area contributed by atoms with E-state index in [1.54, 1.807) is 11.8 Å². The van der Waals surface area contributed by atoms with Crippen molar-refractivity contribution in [3.05, 3.63) is 35.9 Å². The van der Waals surface area contributed by atoms with Crippen LogP contribution in [0.25, 0.3) is 0 Å². The van der Waals surface area contributed by atoms with Crippen molar-refractivity contribution in [3.63, 3.8) is 0 Å². The van der Waals surface area contributed by atoms with Crippen LogP contribution in [0.3, 0.4) is 0 Å². The highest BCUT2D eigenvalue weighted by Gasteiger charge is 2.19. The number of hydrogen-bond donors (Lipinski definition) is 1. The lowest BCUT2D eigenvalue weighted by Crippen LogP contribution is -2.43. The molecule has 0 unspecified atom stereocenters.